The van der Waals surface area contributed by atoms with E-state index in [2.05, 4.69) is 0 Å². The fourth-order valence-corrected chi connectivity index (χ4v) is 2.12. The molecule has 1 saturated carbocycles. The zero-order chi connectivity index (χ0) is 15.1. The molecule has 0 spiro atoms. The van der Waals surface area contributed by atoms with Gasteiger partial charge in [-0.2, -0.15) is 0 Å². The minimum atomic E-state index is -0.641. The summed E-state index contributed by atoms with van der Waals surface area (Å²) in [5.41, 5.74) is 0. The Morgan fingerprint density at radius 3 is 1.45 bits per heavy atom. The van der Waals surface area contributed by atoms with E-state index in [1.807, 2.05) is 0 Å². The summed E-state index contributed by atoms with van der Waals surface area (Å²) in [4.78, 5) is 32.0. The first-order valence-electron chi connectivity index (χ1n) is 5.78. The third-order valence-electron chi connectivity index (χ3n) is 2.66. The smallest absolute Gasteiger partial charge is 0.247 e. The molecule has 1 rings (SSSR count). The fourth-order valence-electron chi connectivity index (χ4n) is 1.93. The van der Waals surface area contributed by atoms with Gasteiger partial charge in [-0.15, -0.1) is 0 Å². The van der Waals surface area contributed by atoms with Gasteiger partial charge in [-0.1, -0.05) is 0 Å². The molecule has 6 nitrogen and oxygen atoms in total. The number of hydrogen-bond acceptors (Lipinski definition) is 6. The van der Waals surface area contributed by atoms with Crippen molar-refractivity contribution in [3.05, 3.63) is 0 Å². The van der Waals surface area contributed by atoms with Crippen LogP contribution < -0.4 is 0 Å². The number of halogens is 3. The van der Waals surface area contributed by atoms with Crippen molar-refractivity contribution < 1.29 is 28.6 Å². The van der Waals surface area contributed by atoms with Crippen molar-refractivity contribution in [1.82, 2.24) is 0 Å². The second kappa shape index (κ2) is 8.92. The molecule has 0 aliphatic heterocycles. The van der Waals surface area contributed by atoms with E-state index < -0.39 is 27.9 Å². The van der Waals surface area contributed by atoms with Crippen molar-refractivity contribution in [3.8, 4) is 0 Å². The van der Waals surface area contributed by atoms with Gasteiger partial charge in [-0.25, -0.2) is 0 Å². The minimum Gasteiger partial charge on any atom is -0.369 e. The predicted molar refractivity (Wildman–Crippen MR) is 71.0 cm³/mol. The Labute approximate surface area is 130 Å². The van der Waals surface area contributed by atoms with Gasteiger partial charge in [0.1, 0.15) is 19.8 Å². The van der Waals surface area contributed by atoms with Crippen LogP contribution in [0.5, 0.6) is 0 Å². The first-order chi connectivity index (χ1) is 9.38. The maximum atomic E-state index is 10.7. The Morgan fingerprint density at radius 2 is 1.10 bits per heavy atom. The van der Waals surface area contributed by atoms with Crippen molar-refractivity contribution in [1.29, 1.82) is 0 Å². The number of carbonyl (C=O) groups excluding carboxylic acids is 3. The zero-order valence-electron chi connectivity index (χ0n) is 10.4. The van der Waals surface area contributed by atoms with Crippen LogP contribution in [-0.4, -0.2) is 53.9 Å². The Kier molecular flexibility index (Phi) is 7.94. The Balaban J connectivity index is 2.49. The van der Waals surface area contributed by atoms with Crippen LogP contribution in [0.3, 0.4) is 0 Å². The highest BCUT2D eigenvalue weighted by atomic mass is 35.5. The van der Waals surface area contributed by atoms with E-state index in [0.29, 0.717) is 12.8 Å². The molecule has 1 aliphatic carbocycles. The lowest BCUT2D eigenvalue weighted by Crippen LogP contribution is -2.28. The van der Waals surface area contributed by atoms with E-state index in [0.717, 1.165) is 0 Å². The van der Waals surface area contributed by atoms with E-state index in [-0.39, 0.29) is 25.9 Å². The van der Waals surface area contributed by atoms with Crippen molar-refractivity contribution in [3.63, 3.8) is 0 Å². The maximum Gasteiger partial charge on any atom is 0.247 e. The molecule has 0 aromatic rings. The van der Waals surface area contributed by atoms with Crippen LogP contribution in [0.15, 0.2) is 0 Å². The monoisotopic (exact) mass is 346 g/mol. The topological polar surface area (TPSA) is 78.9 Å². The van der Waals surface area contributed by atoms with Crippen LogP contribution in [-0.2, 0) is 28.6 Å². The molecule has 0 N–H and O–H groups in total. The number of hydrogen-bond donors (Lipinski definition) is 0. The van der Waals surface area contributed by atoms with Gasteiger partial charge in [-0.05, 0) is 34.8 Å². The maximum absolute atomic E-state index is 10.7. The molecule has 0 heterocycles. The number of carbonyl (C=O) groups is 3. The molecule has 2 unspecified atom stereocenters. The largest absolute Gasteiger partial charge is 0.369 e. The lowest BCUT2D eigenvalue weighted by molar-refractivity contribution is -0.126. The molecule has 1 fully saturated rings. The summed E-state index contributed by atoms with van der Waals surface area (Å²) in [6.07, 6.45) is -0.456. The third-order valence-corrected chi connectivity index (χ3v) is 2.99. The Morgan fingerprint density at radius 1 is 0.750 bits per heavy atom. The number of ether oxygens (including phenoxy) is 3. The predicted octanol–water partition coefficient (Wildman–Crippen LogP) is 1.23. The molecule has 9 heteroatoms. The van der Waals surface area contributed by atoms with Crippen LogP contribution >= 0.6 is 34.8 Å². The summed E-state index contributed by atoms with van der Waals surface area (Å²) < 4.78 is 15.8. The van der Waals surface area contributed by atoms with Gasteiger partial charge in [0.2, 0.25) is 15.7 Å². The molecule has 0 bridgehead atoms. The molecule has 0 aromatic heterocycles. The number of rotatable bonds is 9. The molecule has 114 valence electrons. The first kappa shape index (κ1) is 17.8. The van der Waals surface area contributed by atoms with Gasteiger partial charge in [-0.3, -0.25) is 14.4 Å². The second-order valence-corrected chi connectivity index (χ2v) is 5.43. The summed E-state index contributed by atoms with van der Waals surface area (Å²) in [5.74, 6) is 0. The molecule has 0 aromatic carbocycles. The average Bonchev–Trinajstić information content (AvgIpc) is 2.73. The molecule has 20 heavy (non-hydrogen) atoms. The first-order valence-corrected chi connectivity index (χ1v) is 6.91. The average molecular weight is 348 g/mol. The van der Waals surface area contributed by atoms with Gasteiger partial charge in [0.05, 0.1) is 18.3 Å². The summed E-state index contributed by atoms with van der Waals surface area (Å²) in [6, 6.07) is 0. The lowest BCUT2D eigenvalue weighted by atomic mass is 10.2. The highest BCUT2D eigenvalue weighted by molar-refractivity contribution is 6.64. The summed E-state index contributed by atoms with van der Waals surface area (Å²) >= 11 is 15.6. The Bertz CT molecular complexity index is 349. The summed E-state index contributed by atoms with van der Waals surface area (Å²) in [5, 5.41) is -1.89. The van der Waals surface area contributed by atoms with E-state index in [4.69, 9.17) is 49.0 Å². The molecule has 0 radical (unpaired) electrons. The SMILES string of the molecule is O=C(Cl)COC1CC(OCC(=O)Cl)C(OCC(=O)Cl)C1. The lowest BCUT2D eigenvalue weighted by Gasteiger charge is -2.18. The summed E-state index contributed by atoms with van der Waals surface area (Å²) in [7, 11) is 0. The molecule has 0 saturated heterocycles. The van der Waals surface area contributed by atoms with E-state index in [9.17, 15) is 14.4 Å². The minimum absolute atomic E-state index is 0.228. The van der Waals surface area contributed by atoms with Gasteiger partial charge in [0.25, 0.3) is 0 Å². The van der Waals surface area contributed by atoms with Crippen molar-refractivity contribution in [2.24, 2.45) is 0 Å². The quantitative estimate of drug-likeness (QED) is 0.584. The van der Waals surface area contributed by atoms with E-state index in [1.165, 1.54) is 0 Å². The normalized spacial score (nSPS) is 25.6. The van der Waals surface area contributed by atoms with E-state index >= 15 is 0 Å². The second-order valence-electron chi connectivity index (χ2n) is 4.17. The third kappa shape index (κ3) is 6.97. The van der Waals surface area contributed by atoms with E-state index in [1.54, 1.807) is 0 Å². The zero-order valence-corrected chi connectivity index (χ0v) is 12.6. The van der Waals surface area contributed by atoms with Gasteiger partial charge < -0.3 is 14.2 Å². The van der Waals surface area contributed by atoms with Gasteiger partial charge in [0, 0.05) is 12.8 Å². The standard InChI is InChI=1S/C11H13Cl3O6/c12-9(15)3-18-6-1-7(19-4-10(13)16)8(2-6)20-5-11(14)17/h6-8H,1-5H2. The van der Waals surface area contributed by atoms with Crippen molar-refractivity contribution in [2.45, 2.75) is 31.2 Å². The molecular weight excluding hydrogens is 334 g/mol. The Hall–Kier alpha value is -0.240. The molecule has 1 aliphatic rings. The van der Waals surface area contributed by atoms with Crippen LogP contribution in [0.4, 0.5) is 0 Å². The highest BCUT2D eigenvalue weighted by Gasteiger charge is 2.37. The van der Waals surface area contributed by atoms with Crippen LogP contribution in [0.1, 0.15) is 12.8 Å². The molecule has 0 amide bonds. The van der Waals surface area contributed by atoms with Crippen molar-refractivity contribution >= 4 is 50.5 Å². The van der Waals surface area contributed by atoms with Crippen LogP contribution in [0, 0.1) is 0 Å². The van der Waals surface area contributed by atoms with Gasteiger partial charge in [0.15, 0.2) is 0 Å². The van der Waals surface area contributed by atoms with Gasteiger partial charge >= 0.3 is 0 Å². The highest BCUT2D eigenvalue weighted by Crippen LogP contribution is 2.28. The fraction of sp³-hybridized carbons (Fsp3) is 0.727. The molecular formula is C11H13Cl3O6. The van der Waals surface area contributed by atoms with Crippen molar-refractivity contribution in [2.75, 3.05) is 19.8 Å². The summed E-state index contributed by atoms with van der Waals surface area (Å²) in [6.45, 7) is -0.779. The van der Waals surface area contributed by atoms with Crippen LogP contribution in [0.2, 0.25) is 0 Å². The molecule has 2 atom stereocenters. The van der Waals surface area contributed by atoms with Crippen LogP contribution in [0.25, 0.3) is 0 Å².